The summed E-state index contributed by atoms with van der Waals surface area (Å²) in [5.74, 6) is 0.150. The summed E-state index contributed by atoms with van der Waals surface area (Å²) in [6, 6.07) is 13.2. The van der Waals surface area contributed by atoms with Crippen LogP contribution >= 0.6 is 0 Å². The third-order valence-electron chi connectivity index (χ3n) is 3.60. The van der Waals surface area contributed by atoms with E-state index in [4.69, 9.17) is 9.15 Å². The summed E-state index contributed by atoms with van der Waals surface area (Å²) in [4.78, 5) is 12.3. The molecule has 3 rings (SSSR count). The van der Waals surface area contributed by atoms with Gasteiger partial charge < -0.3 is 9.15 Å². The van der Waals surface area contributed by atoms with Crippen LogP contribution in [0.1, 0.15) is 0 Å². The van der Waals surface area contributed by atoms with Gasteiger partial charge in [0.1, 0.15) is 12.0 Å². The lowest BCUT2D eigenvalue weighted by atomic mass is 10.1. The fourth-order valence-corrected chi connectivity index (χ4v) is 2.99. The first kappa shape index (κ1) is 16.1. The lowest BCUT2D eigenvalue weighted by molar-refractivity contribution is 0.414. The Hall–Kier alpha value is -2.80. The first-order valence-corrected chi connectivity index (χ1v) is 8.95. The minimum Gasteiger partial charge on any atom is -0.497 e. The van der Waals surface area contributed by atoms with Crippen LogP contribution < -0.4 is 10.5 Å². The molecule has 1 aromatic heterocycles. The summed E-state index contributed by atoms with van der Waals surface area (Å²) < 4.78 is 34.6. The van der Waals surface area contributed by atoms with Crippen LogP contribution in [0.25, 0.3) is 16.9 Å². The molecule has 1 heterocycles. The first-order valence-electron chi connectivity index (χ1n) is 7.05. The van der Waals surface area contributed by atoms with Gasteiger partial charge in [0.05, 0.1) is 23.4 Å². The lowest BCUT2D eigenvalue weighted by Crippen LogP contribution is -2.13. The summed E-state index contributed by atoms with van der Waals surface area (Å²) >= 11 is 0. The molecule has 6 nitrogen and oxygen atoms in total. The molecule has 3 aromatic rings. The van der Waals surface area contributed by atoms with E-state index in [1.165, 1.54) is 23.0 Å². The largest absolute Gasteiger partial charge is 0.497 e. The third-order valence-corrected chi connectivity index (χ3v) is 4.73. The molecule has 0 radical (unpaired) electrons. The quantitative estimate of drug-likeness (QED) is 0.726. The van der Waals surface area contributed by atoms with Gasteiger partial charge in [-0.1, -0.05) is 12.1 Å². The van der Waals surface area contributed by atoms with Crippen molar-refractivity contribution in [1.82, 2.24) is 4.57 Å². The molecule has 2 aromatic carbocycles. The van der Waals surface area contributed by atoms with Crippen LogP contribution in [0.5, 0.6) is 5.75 Å². The predicted molar refractivity (Wildman–Crippen MR) is 89.4 cm³/mol. The number of ether oxygens (including phenoxy) is 1. The fourth-order valence-electron chi connectivity index (χ4n) is 2.36. The zero-order valence-corrected chi connectivity index (χ0v) is 13.9. The minimum absolute atomic E-state index is 0.216. The van der Waals surface area contributed by atoms with E-state index in [1.807, 2.05) is 0 Å². The normalized spacial score (nSPS) is 11.4. The maximum absolute atomic E-state index is 12.1. The maximum Gasteiger partial charge on any atom is 0.424 e. The van der Waals surface area contributed by atoms with E-state index < -0.39 is 15.6 Å². The van der Waals surface area contributed by atoms with Crippen molar-refractivity contribution < 1.29 is 17.6 Å². The third kappa shape index (κ3) is 2.98. The molecule has 0 fully saturated rings. The number of aromatic nitrogens is 1. The monoisotopic (exact) mass is 345 g/mol. The highest BCUT2D eigenvalue weighted by Crippen LogP contribution is 2.24. The Morgan fingerprint density at radius 1 is 1.00 bits per heavy atom. The molecule has 24 heavy (non-hydrogen) atoms. The fraction of sp³-hybridized carbons (Fsp3) is 0.118. The summed E-state index contributed by atoms with van der Waals surface area (Å²) in [5, 5.41) is 0. The SMILES string of the molecule is COc1ccc(-n2c(-c3ccc(S(C)(=O)=O)cc3)coc2=O)cc1. The number of methoxy groups -OCH3 is 1. The molecular weight excluding hydrogens is 330 g/mol. The van der Waals surface area contributed by atoms with E-state index in [-0.39, 0.29) is 4.90 Å². The molecule has 0 unspecified atom stereocenters. The number of hydrogen-bond donors (Lipinski definition) is 0. The van der Waals surface area contributed by atoms with E-state index in [0.717, 1.165) is 6.26 Å². The van der Waals surface area contributed by atoms with Gasteiger partial charge in [-0.2, -0.15) is 0 Å². The van der Waals surface area contributed by atoms with Crippen LogP contribution in [0.15, 0.2) is 68.9 Å². The predicted octanol–water partition coefficient (Wildman–Crippen LogP) is 2.51. The first-order chi connectivity index (χ1) is 11.4. The zero-order valence-electron chi connectivity index (χ0n) is 13.1. The van der Waals surface area contributed by atoms with Gasteiger partial charge in [0.25, 0.3) is 0 Å². The van der Waals surface area contributed by atoms with Gasteiger partial charge in [-0.15, -0.1) is 0 Å². The van der Waals surface area contributed by atoms with Crippen molar-refractivity contribution >= 4 is 9.84 Å². The maximum atomic E-state index is 12.1. The van der Waals surface area contributed by atoms with E-state index in [0.29, 0.717) is 22.7 Å². The smallest absolute Gasteiger partial charge is 0.424 e. The van der Waals surface area contributed by atoms with Gasteiger partial charge in [-0.25, -0.2) is 17.8 Å². The minimum atomic E-state index is -3.27. The van der Waals surface area contributed by atoms with Crippen LogP contribution in [-0.2, 0) is 9.84 Å². The van der Waals surface area contributed by atoms with Crippen molar-refractivity contribution in [3.8, 4) is 22.7 Å². The average Bonchev–Trinajstić information content (AvgIpc) is 2.96. The zero-order chi connectivity index (χ0) is 17.3. The average molecular weight is 345 g/mol. The number of rotatable bonds is 4. The van der Waals surface area contributed by atoms with Gasteiger partial charge in [-0.3, -0.25) is 0 Å². The van der Waals surface area contributed by atoms with Crippen LogP contribution in [0.4, 0.5) is 0 Å². The summed E-state index contributed by atoms with van der Waals surface area (Å²) in [6.45, 7) is 0. The molecule has 7 heteroatoms. The molecule has 124 valence electrons. The van der Waals surface area contributed by atoms with E-state index in [2.05, 4.69) is 0 Å². The second-order valence-electron chi connectivity index (χ2n) is 5.22. The van der Waals surface area contributed by atoms with Crippen molar-refractivity contribution in [3.63, 3.8) is 0 Å². The Balaban J connectivity index is 2.08. The van der Waals surface area contributed by atoms with E-state index >= 15 is 0 Å². The standard InChI is InChI=1S/C17H15NO5S/c1-22-14-7-5-13(6-8-14)18-16(11-23-17(18)19)12-3-9-15(10-4-12)24(2,20)21/h3-11H,1-2H3. The Morgan fingerprint density at radius 3 is 2.17 bits per heavy atom. The van der Waals surface area contributed by atoms with Gasteiger partial charge >= 0.3 is 5.76 Å². The second kappa shape index (κ2) is 6.01. The molecule has 0 N–H and O–H groups in total. The number of benzene rings is 2. The molecule has 0 bridgehead atoms. The van der Waals surface area contributed by atoms with Crippen molar-refractivity contribution in [2.75, 3.05) is 13.4 Å². The molecular formula is C17H15NO5S. The van der Waals surface area contributed by atoms with Crippen molar-refractivity contribution in [3.05, 3.63) is 65.3 Å². The van der Waals surface area contributed by atoms with E-state index in [1.54, 1.807) is 43.5 Å². The Bertz CT molecular complexity index is 1010. The van der Waals surface area contributed by atoms with Gasteiger partial charge in [0.15, 0.2) is 9.84 Å². The van der Waals surface area contributed by atoms with Gasteiger partial charge in [-0.05, 0) is 36.4 Å². The van der Waals surface area contributed by atoms with E-state index in [9.17, 15) is 13.2 Å². The number of sulfone groups is 1. The molecule has 0 aliphatic rings. The highest BCUT2D eigenvalue weighted by Gasteiger charge is 2.14. The Labute approximate surface area is 138 Å². The summed E-state index contributed by atoms with van der Waals surface area (Å²) in [5.41, 5.74) is 1.83. The Morgan fingerprint density at radius 2 is 1.62 bits per heavy atom. The molecule has 0 aliphatic carbocycles. The molecule has 0 aliphatic heterocycles. The molecule has 0 atom stereocenters. The molecule has 0 amide bonds. The number of oxazole rings is 1. The number of hydrogen-bond acceptors (Lipinski definition) is 5. The topological polar surface area (TPSA) is 78.5 Å². The van der Waals surface area contributed by atoms with Crippen LogP contribution in [0, 0.1) is 0 Å². The van der Waals surface area contributed by atoms with Crippen LogP contribution in [0.3, 0.4) is 0 Å². The highest BCUT2D eigenvalue weighted by molar-refractivity contribution is 7.90. The van der Waals surface area contributed by atoms with Gasteiger partial charge in [0.2, 0.25) is 0 Å². The van der Waals surface area contributed by atoms with Crippen molar-refractivity contribution in [1.29, 1.82) is 0 Å². The number of nitrogens with zero attached hydrogens (tertiary/aromatic N) is 1. The van der Waals surface area contributed by atoms with Gasteiger partial charge in [0, 0.05) is 11.8 Å². The summed E-state index contributed by atoms with van der Waals surface area (Å²) in [6.07, 6.45) is 2.50. The highest BCUT2D eigenvalue weighted by atomic mass is 32.2. The lowest BCUT2D eigenvalue weighted by Gasteiger charge is -2.08. The molecule has 0 saturated carbocycles. The summed E-state index contributed by atoms with van der Waals surface area (Å²) in [7, 11) is -1.71. The van der Waals surface area contributed by atoms with Crippen LogP contribution in [0.2, 0.25) is 0 Å². The second-order valence-corrected chi connectivity index (χ2v) is 7.23. The van der Waals surface area contributed by atoms with Crippen molar-refractivity contribution in [2.24, 2.45) is 0 Å². The van der Waals surface area contributed by atoms with Crippen LogP contribution in [-0.4, -0.2) is 26.4 Å². The molecule has 0 spiro atoms. The molecule has 0 saturated heterocycles. The van der Waals surface area contributed by atoms with Crippen molar-refractivity contribution in [2.45, 2.75) is 4.90 Å². The Kier molecular flexibility index (Phi) is 4.02.